The van der Waals surface area contributed by atoms with E-state index in [9.17, 15) is 9.59 Å². The summed E-state index contributed by atoms with van der Waals surface area (Å²) in [5, 5.41) is 5.75. The SMILES string of the molecule is C=O.CCCNc1ccc(N=C2SC(=Cc3ccc(OC(=O)c4cccs4)c(OC)c3)C(=O)N2C)cc1. The predicted octanol–water partition coefficient (Wildman–Crippen LogP) is 5.85. The number of esters is 1. The van der Waals surface area contributed by atoms with Crippen LogP contribution in [0.15, 0.2) is 69.9 Å². The van der Waals surface area contributed by atoms with Crippen molar-refractivity contribution >= 4 is 64.4 Å². The molecule has 0 saturated carbocycles. The van der Waals surface area contributed by atoms with Crippen molar-refractivity contribution in [1.82, 2.24) is 4.90 Å². The molecule has 0 radical (unpaired) electrons. The summed E-state index contributed by atoms with van der Waals surface area (Å²) in [5.41, 5.74) is 2.56. The van der Waals surface area contributed by atoms with E-state index in [-0.39, 0.29) is 5.91 Å². The Morgan fingerprint density at radius 2 is 1.89 bits per heavy atom. The smallest absolute Gasteiger partial charge is 0.353 e. The molecule has 0 spiro atoms. The van der Waals surface area contributed by atoms with Crippen molar-refractivity contribution in [3.63, 3.8) is 0 Å². The summed E-state index contributed by atoms with van der Waals surface area (Å²) in [5.74, 6) is 0.137. The van der Waals surface area contributed by atoms with E-state index in [0.29, 0.717) is 26.4 Å². The van der Waals surface area contributed by atoms with Gasteiger partial charge in [0.15, 0.2) is 16.7 Å². The zero-order chi connectivity index (χ0) is 26.8. The number of aliphatic imine (C=N–C) groups is 1. The summed E-state index contributed by atoms with van der Waals surface area (Å²) >= 11 is 2.62. The molecule has 2 heterocycles. The van der Waals surface area contributed by atoms with Crippen molar-refractivity contribution in [2.24, 2.45) is 4.99 Å². The summed E-state index contributed by atoms with van der Waals surface area (Å²) in [6.45, 7) is 5.03. The maximum Gasteiger partial charge on any atom is 0.353 e. The van der Waals surface area contributed by atoms with Gasteiger partial charge in [0.2, 0.25) is 0 Å². The van der Waals surface area contributed by atoms with Crippen LogP contribution >= 0.6 is 23.1 Å². The molecule has 1 saturated heterocycles. The number of amidine groups is 1. The normalized spacial score (nSPS) is 14.9. The van der Waals surface area contributed by atoms with Crippen LogP contribution in [-0.2, 0) is 9.59 Å². The number of nitrogens with one attached hydrogen (secondary N) is 1. The number of likely N-dealkylation sites (N-methyl/N-ethyl adjacent to an activating group) is 1. The standard InChI is InChI=1S/C26H25N3O4S2.CH2O/c1-4-13-27-18-8-10-19(11-9-18)28-26-29(2)24(30)23(35-26)16-17-7-12-20(21(15-17)32-3)33-25(31)22-6-5-14-34-22;1-2/h5-12,14-16,27H,4,13H2,1-3H3;1H2. The molecule has 37 heavy (non-hydrogen) atoms. The van der Waals surface area contributed by atoms with Gasteiger partial charge in [0.05, 0.1) is 17.7 Å². The van der Waals surface area contributed by atoms with Crippen molar-refractivity contribution in [1.29, 1.82) is 0 Å². The van der Waals surface area contributed by atoms with Crippen LogP contribution < -0.4 is 14.8 Å². The second-order valence-corrected chi connectivity index (χ2v) is 9.58. The monoisotopic (exact) mass is 537 g/mol. The first-order valence-corrected chi connectivity index (χ1v) is 13.0. The maximum atomic E-state index is 12.8. The fraction of sp³-hybridized carbons (Fsp3) is 0.185. The first kappa shape index (κ1) is 27.7. The van der Waals surface area contributed by atoms with Gasteiger partial charge in [0, 0.05) is 19.3 Å². The average Bonchev–Trinajstić information content (AvgIpc) is 3.56. The highest BCUT2D eigenvalue weighted by molar-refractivity contribution is 8.18. The molecule has 1 amide bonds. The van der Waals surface area contributed by atoms with Crippen LogP contribution in [0.3, 0.4) is 0 Å². The third kappa shape index (κ3) is 7.08. The van der Waals surface area contributed by atoms with E-state index < -0.39 is 5.97 Å². The molecule has 3 aromatic rings. The molecule has 1 aromatic heterocycles. The fourth-order valence-corrected chi connectivity index (χ4v) is 4.83. The lowest BCUT2D eigenvalue weighted by atomic mass is 10.2. The Balaban J connectivity index is 0.00000186. The quantitative estimate of drug-likeness (QED) is 0.219. The Kier molecular flexibility index (Phi) is 10.0. The zero-order valence-electron chi connectivity index (χ0n) is 20.7. The summed E-state index contributed by atoms with van der Waals surface area (Å²) in [4.78, 5) is 40.3. The Labute approximate surface area is 224 Å². The molecule has 1 fully saturated rings. The number of rotatable bonds is 8. The Morgan fingerprint density at radius 1 is 1.14 bits per heavy atom. The van der Waals surface area contributed by atoms with Gasteiger partial charge in [-0.1, -0.05) is 19.1 Å². The molecule has 1 N–H and O–H groups in total. The third-order valence-corrected chi connectivity index (χ3v) is 7.00. The first-order valence-electron chi connectivity index (χ1n) is 11.3. The van der Waals surface area contributed by atoms with E-state index in [4.69, 9.17) is 14.3 Å². The number of benzene rings is 2. The number of amides is 1. The molecule has 192 valence electrons. The highest BCUT2D eigenvalue weighted by Crippen LogP contribution is 2.35. The highest BCUT2D eigenvalue weighted by Gasteiger charge is 2.30. The van der Waals surface area contributed by atoms with Crippen molar-refractivity contribution < 1.29 is 23.9 Å². The molecule has 4 rings (SSSR count). The van der Waals surface area contributed by atoms with Gasteiger partial charge in [0.1, 0.15) is 11.7 Å². The van der Waals surface area contributed by atoms with Crippen LogP contribution in [0.1, 0.15) is 28.6 Å². The average molecular weight is 538 g/mol. The van der Waals surface area contributed by atoms with E-state index >= 15 is 0 Å². The van der Waals surface area contributed by atoms with Crippen molar-refractivity contribution in [2.75, 3.05) is 26.0 Å². The van der Waals surface area contributed by atoms with E-state index in [1.165, 1.54) is 35.1 Å². The lowest BCUT2D eigenvalue weighted by molar-refractivity contribution is -0.121. The second kappa shape index (κ2) is 13.4. The predicted molar refractivity (Wildman–Crippen MR) is 150 cm³/mol. The van der Waals surface area contributed by atoms with E-state index in [1.54, 1.807) is 43.5 Å². The van der Waals surface area contributed by atoms with Crippen LogP contribution in [-0.4, -0.2) is 49.4 Å². The fourth-order valence-electron chi connectivity index (χ4n) is 3.24. The summed E-state index contributed by atoms with van der Waals surface area (Å²) in [6.07, 6.45) is 2.83. The number of hydrogen-bond donors (Lipinski definition) is 1. The molecule has 2 aromatic carbocycles. The number of carbonyl (C=O) groups is 3. The van der Waals surface area contributed by atoms with Gasteiger partial charge in [-0.3, -0.25) is 9.69 Å². The van der Waals surface area contributed by atoms with Gasteiger partial charge >= 0.3 is 5.97 Å². The molecular weight excluding hydrogens is 510 g/mol. The number of hydrogen-bond acceptors (Lipinski definition) is 9. The Morgan fingerprint density at radius 3 is 2.54 bits per heavy atom. The largest absolute Gasteiger partial charge is 0.493 e. The van der Waals surface area contributed by atoms with Crippen molar-refractivity contribution in [3.8, 4) is 11.5 Å². The minimum absolute atomic E-state index is 0.137. The van der Waals surface area contributed by atoms with E-state index in [0.717, 1.165) is 29.9 Å². The summed E-state index contributed by atoms with van der Waals surface area (Å²) in [7, 11) is 3.21. The summed E-state index contributed by atoms with van der Waals surface area (Å²) in [6, 6.07) is 16.5. The number of thioether (sulfide) groups is 1. The lowest BCUT2D eigenvalue weighted by Gasteiger charge is -2.09. The second-order valence-electron chi connectivity index (χ2n) is 7.62. The third-order valence-electron chi connectivity index (χ3n) is 5.09. The van der Waals surface area contributed by atoms with Gasteiger partial charge in [-0.15, -0.1) is 11.3 Å². The molecule has 1 aliphatic heterocycles. The van der Waals surface area contributed by atoms with Gasteiger partial charge in [-0.2, -0.15) is 0 Å². The van der Waals surface area contributed by atoms with Crippen LogP contribution in [0.2, 0.25) is 0 Å². The molecule has 10 heteroatoms. The van der Waals surface area contributed by atoms with Crippen LogP contribution in [0, 0.1) is 0 Å². The van der Waals surface area contributed by atoms with Crippen molar-refractivity contribution in [2.45, 2.75) is 13.3 Å². The first-order chi connectivity index (χ1) is 18.0. The van der Waals surface area contributed by atoms with E-state index in [1.807, 2.05) is 36.4 Å². The topological polar surface area (TPSA) is 97.3 Å². The molecular formula is C27H27N3O5S2. The van der Waals surface area contributed by atoms with Crippen LogP contribution in [0.25, 0.3) is 6.08 Å². The van der Waals surface area contributed by atoms with Gasteiger partial charge in [-0.05, 0) is 77.7 Å². The minimum atomic E-state index is -0.442. The van der Waals surface area contributed by atoms with Crippen molar-refractivity contribution in [3.05, 3.63) is 75.3 Å². The molecule has 0 unspecified atom stereocenters. The zero-order valence-corrected chi connectivity index (χ0v) is 22.4. The molecule has 8 nitrogen and oxygen atoms in total. The molecule has 1 aliphatic rings. The van der Waals surface area contributed by atoms with Gasteiger partial charge in [-0.25, -0.2) is 9.79 Å². The van der Waals surface area contributed by atoms with Crippen LogP contribution in [0.4, 0.5) is 11.4 Å². The lowest BCUT2D eigenvalue weighted by Crippen LogP contribution is -2.23. The minimum Gasteiger partial charge on any atom is -0.493 e. The number of nitrogens with zero attached hydrogens (tertiary/aromatic N) is 2. The molecule has 0 atom stereocenters. The highest BCUT2D eigenvalue weighted by atomic mass is 32.2. The van der Waals surface area contributed by atoms with Crippen LogP contribution in [0.5, 0.6) is 11.5 Å². The Hall–Kier alpha value is -3.89. The Bertz CT molecular complexity index is 1290. The summed E-state index contributed by atoms with van der Waals surface area (Å²) < 4.78 is 10.9. The number of anilines is 1. The number of methoxy groups -OCH3 is 1. The number of ether oxygens (including phenoxy) is 2. The van der Waals surface area contributed by atoms with Gasteiger partial charge < -0.3 is 19.6 Å². The van der Waals surface area contributed by atoms with Gasteiger partial charge in [0.25, 0.3) is 5.91 Å². The molecule has 0 aliphatic carbocycles. The number of thiophene rings is 1. The number of carbonyl (C=O) groups excluding carboxylic acids is 3. The maximum absolute atomic E-state index is 12.8. The van der Waals surface area contributed by atoms with E-state index in [2.05, 4.69) is 17.2 Å². The molecule has 0 bridgehead atoms.